The Morgan fingerprint density at radius 1 is 1.23 bits per heavy atom. The number of aliphatic carboxylic acids is 1. The predicted molar refractivity (Wildman–Crippen MR) is 79.2 cm³/mol. The molecule has 7 heteroatoms. The molecule has 0 saturated carbocycles. The van der Waals surface area contributed by atoms with Gasteiger partial charge in [0.2, 0.25) is 5.91 Å². The largest absolute Gasteiger partial charge is 0.493 e. The SMILES string of the molecule is CCOCC(=O)N[C@H](CC(=O)O)c1ccc(OC)c(OC)c1. The molecule has 2 N–H and O–H groups in total. The average Bonchev–Trinajstić information content (AvgIpc) is 2.51. The molecule has 0 spiro atoms. The topological polar surface area (TPSA) is 94.1 Å². The molecule has 1 atom stereocenters. The minimum absolute atomic E-state index is 0.111. The summed E-state index contributed by atoms with van der Waals surface area (Å²) in [4.78, 5) is 22.8. The summed E-state index contributed by atoms with van der Waals surface area (Å²) in [5, 5.41) is 11.7. The summed E-state index contributed by atoms with van der Waals surface area (Å²) in [5.74, 6) is -0.394. The molecule has 0 aromatic heterocycles. The van der Waals surface area contributed by atoms with Crippen LogP contribution in [0, 0.1) is 0 Å². The zero-order valence-electron chi connectivity index (χ0n) is 12.9. The molecule has 1 amide bonds. The van der Waals surface area contributed by atoms with Crippen LogP contribution in [-0.2, 0) is 14.3 Å². The number of ether oxygens (including phenoxy) is 3. The van der Waals surface area contributed by atoms with E-state index in [2.05, 4.69) is 5.32 Å². The van der Waals surface area contributed by atoms with Gasteiger partial charge in [0, 0.05) is 6.61 Å². The van der Waals surface area contributed by atoms with Crippen molar-refractivity contribution in [3.8, 4) is 11.5 Å². The first kappa shape index (κ1) is 17.8. The molecule has 0 fully saturated rings. The third kappa shape index (κ3) is 5.25. The minimum atomic E-state index is -1.02. The lowest BCUT2D eigenvalue weighted by molar-refractivity contribution is -0.138. The van der Waals surface area contributed by atoms with Crippen molar-refractivity contribution in [3.05, 3.63) is 23.8 Å². The van der Waals surface area contributed by atoms with Crippen molar-refractivity contribution in [2.24, 2.45) is 0 Å². The molecule has 0 radical (unpaired) electrons. The van der Waals surface area contributed by atoms with E-state index in [-0.39, 0.29) is 18.9 Å². The van der Waals surface area contributed by atoms with Crippen LogP contribution in [0.2, 0.25) is 0 Å². The molecule has 0 aliphatic carbocycles. The third-order valence-corrected chi connectivity index (χ3v) is 2.96. The van der Waals surface area contributed by atoms with Gasteiger partial charge >= 0.3 is 5.97 Å². The molecule has 0 aliphatic rings. The van der Waals surface area contributed by atoms with E-state index in [1.165, 1.54) is 14.2 Å². The first-order valence-electron chi connectivity index (χ1n) is 6.82. The molecule has 122 valence electrons. The number of benzene rings is 1. The van der Waals surface area contributed by atoms with Gasteiger partial charge in [-0.05, 0) is 24.6 Å². The highest BCUT2D eigenvalue weighted by Crippen LogP contribution is 2.30. The Hall–Kier alpha value is -2.28. The van der Waals surface area contributed by atoms with Crippen molar-refractivity contribution < 1.29 is 28.9 Å². The summed E-state index contributed by atoms with van der Waals surface area (Å²) >= 11 is 0. The number of rotatable bonds is 9. The molecule has 0 saturated heterocycles. The maximum atomic E-state index is 11.8. The van der Waals surface area contributed by atoms with Gasteiger partial charge in [-0.3, -0.25) is 9.59 Å². The predicted octanol–water partition coefficient (Wildman–Crippen LogP) is 1.37. The second-order valence-corrected chi connectivity index (χ2v) is 4.47. The fraction of sp³-hybridized carbons (Fsp3) is 0.467. The second kappa shape index (κ2) is 8.89. The number of amides is 1. The molecule has 1 aromatic rings. The van der Waals surface area contributed by atoms with Crippen LogP contribution >= 0.6 is 0 Å². The zero-order chi connectivity index (χ0) is 16.5. The second-order valence-electron chi connectivity index (χ2n) is 4.47. The van der Waals surface area contributed by atoms with Gasteiger partial charge in [0.1, 0.15) is 6.61 Å². The van der Waals surface area contributed by atoms with E-state index in [4.69, 9.17) is 19.3 Å². The van der Waals surface area contributed by atoms with Crippen molar-refractivity contribution in [2.45, 2.75) is 19.4 Å². The van der Waals surface area contributed by atoms with Gasteiger partial charge in [0.05, 0.1) is 26.7 Å². The lowest BCUT2D eigenvalue weighted by Crippen LogP contribution is -2.33. The number of hydrogen-bond acceptors (Lipinski definition) is 5. The van der Waals surface area contributed by atoms with Crippen molar-refractivity contribution in [2.75, 3.05) is 27.4 Å². The van der Waals surface area contributed by atoms with Gasteiger partial charge in [-0.15, -0.1) is 0 Å². The normalized spacial score (nSPS) is 11.6. The van der Waals surface area contributed by atoms with Crippen LogP contribution in [0.25, 0.3) is 0 Å². The molecule has 7 nitrogen and oxygen atoms in total. The Morgan fingerprint density at radius 3 is 2.45 bits per heavy atom. The van der Waals surface area contributed by atoms with E-state index in [0.717, 1.165) is 0 Å². The highest BCUT2D eigenvalue weighted by Gasteiger charge is 2.19. The number of carbonyl (C=O) groups excluding carboxylic acids is 1. The molecule has 1 aromatic carbocycles. The Morgan fingerprint density at radius 2 is 1.91 bits per heavy atom. The maximum Gasteiger partial charge on any atom is 0.305 e. The van der Waals surface area contributed by atoms with Crippen LogP contribution in [0.5, 0.6) is 11.5 Å². The molecule has 1 rings (SSSR count). The number of carboxylic acid groups (broad SMARTS) is 1. The summed E-state index contributed by atoms with van der Waals surface area (Å²) in [6.45, 7) is 2.07. The fourth-order valence-electron chi connectivity index (χ4n) is 1.93. The molecule has 0 heterocycles. The Labute approximate surface area is 129 Å². The summed E-state index contributed by atoms with van der Waals surface area (Å²) in [6.07, 6.45) is -0.243. The van der Waals surface area contributed by atoms with E-state index in [1.54, 1.807) is 25.1 Å². The highest BCUT2D eigenvalue weighted by atomic mass is 16.5. The van der Waals surface area contributed by atoms with Crippen molar-refractivity contribution in [1.82, 2.24) is 5.32 Å². The van der Waals surface area contributed by atoms with E-state index in [1.807, 2.05) is 0 Å². The first-order valence-corrected chi connectivity index (χ1v) is 6.82. The zero-order valence-corrected chi connectivity index (χ0v) is 12.9. The summed E-state index contributed by atoms with van der Waals surface area (Å²) in [6, 6.07) is 4.33. The van der Waals surface area contributed by atoms with Crippen molar-refractivity contribution >= 4 is 11.9 Å². The lowest BCUT2D eigenvalue weighted by atomic mass is 10.0. The van der Waals surface area contributed by atoms with Crippen LogP contribution in [-0.4, -0.2) is 44.4 Å². The molecule has 0 unspecified atom stereocenters. The lowest BCUT2D eigenvalue weighted by Gasteiger charge is -2.19. The smallest absolute Gasteiger partial charge is 0.305 e. The van der Waals surface area contributed by atoms with E-state index < -0.39 is 12.0 Å². The quantitative estimate of drug-likeness (QED) is 0.715. The molecule has 0 bridgehead atoms. The van der Waals surface area contributed by atoms with Gasteiger partial charge in [0.15, 0.2) is 11.5 Å². The first-order chi connectivity index (χ1) is 10.5. The third-order valence-electron chi connectivity index (χ3n) is 2.96. The summed E-state index contributed by atoms with van der Waals surface area (Å²) < 4.78 is 15.3. The minimum Gasteiger partial charge on any atom is -0.493 e. The van der Waals surface area contributed by atoms with Crippen LogP contribution in [0.15, 0.2) is 18.2 Å². The highest BCUT2D eigenvalue weighted by molar-refractivity contribution is 5.79. The molecular weight excluding hydrogens is 290 g/mol. The van der Waals surface area contributed by atoms with Crippen molar-refractivity contribution in [3.63, 3.8) is 0 Å². The molecular formula is C15H21NO6. The van der Waals surface area contributed by atoms with Crippen LogP contribution in [0.1, 0.15) is 24.9 Å². The number of nitrogens with one attached hydrogen (secondary N) is 1. The Bertz CT molecular complexity index is 517. The standard InChI is InChI=1S/C15H21NO6/c1-4-22-9-14(17)16-11(8-15(18)19)10-5-6-12(20-2)13(7-10)21-3/h5-7,11H,4,8-9H2,1-3H3,(H,16,17)(H,18,19)/t11-/m1/s1. The van der Waals surface area contributed by atoms with Crippen LogP contribution < -0.4 is 14.8 Å². The Kier molecular flexibility index (Phi) is 7.18. The van der Waals surface area contributed by atoms with E-state index >= 15 is 0 Å². The van der Waals surface area contributed by atoms with Gasteiger partial charge in [-0.25, -0.2) is 0 Å². The summed E-state index contributed by atoms with van der Waals surface area (Å²) in [7, 11) is 3.00. The Balaban J connectivity index is 2.95. The van der Waals surface area contributed by atoms with Gasteiger partial charge in [0.25, 0.3) is 0 Å². The number of hydrogen-bond donors (Lipinski definition) is 2. The van der Waals surface area contributed by atoms with Gasteiger partial charge in [-0.1, -0.05) is 6.07 Å². The van der Waals surface area contributed by atoms with Crippen molar-refractivity contribution in [1.29, 1.82) is 0 Å². The number of carbonyl (C=O) groups is 2. The summed E-state index contributed by atoms with van der Waals surface area (Å²) in [5.41, 5.74) is 0.616. The van der Waals surface area contributed by atoms with E-state index in [0.29, 0.717) is 23.7 Å². The van der Waals surface area contributed by atoms with Gasteiger partial charge in [-0.2, -0.15) is 0 Å². The average molecular weight is 311 g/mol. The number of carboxylic acids is 1. The molecule has 0 aliphatic heterocycles. The van der Waals surface area contributed by atoms with E-state index in [9.17, 15) is 9.59 Å². The number of methoxy groups -OCH3 is 2. The maximum absolute atomic E-state index is 11.8. The fourth-order valence-corrected chi connectivity index (χ4v) is 1.93. The van der Waals surface area contributed by atoms with Crippen LogP contribution in [0.4, 0.5) is 0 Å². The molecule has 22 heavy (non-hydrogen) atoms. The van der Waals surface area contributed by atoms with Crippen LogP contribution in [0.3, 0.4) is 0 Å². The monoisotopic (exact) mass is 311 g/mol. The van der Waals surface area contributed by atoms with Gasteiger partial charge < -0.3 is 24.6 Å².